The molecule has 1 heterocycles. The number of likely N-dealkylation sites (N-methyl/N-ethyl adjacent to an activating group) is 1. The summed E-state index contributed by atoms with van der Waals surface area (Å²) in [7, 11) is 1.80. The molecule has 0 amide bonds. The van der Waals surface area contributed by atoms with Gasteiger partial charge in [-0.25, -0.2) is 0 Å². The second kappa shape index (κ2) is 18.3. The molecule has 7 heteroatoms. The molecule has 0 fully saturated rings. The van der Waals surface area contributed by atoms with Gasteiger partial charge in [-0.2, -0.15) is 0 Å². The number of carbonyl (C=O) groups excluding carboxylic acids is 1. The number of rotatable bonds is 8. The number of nitrogens with one attached hydrogen (secondary N) is 2. The number of aldehydes is 1. The van der Waals surface area contributed by atoms with E-state index in [1.165, 1.54) is 5.57 Å². The van der Waals surface area contributed by atoms with Gasteiger partial charge in [0.1, 0.15) is 6.29 Å². The first-order chi connectivity index (χ1) is 16.0. The lowest BCUT2D eigenvalue weighted by Gasteiger charge is -2.18. The van der Waals surface area contributed by atoms with Crippen LogP contribution in [0.25, 0.3) is 0 Å². The van der Waals surface area contributed by atoms with Crippen LogP contribution in [0, 0.1) is 11.8 Å². The second-order valence-corrected chi connectivity index (χ2v) is 8.66. The Morgan fingerprint density at radius 3 is 2.61 bits per heavy atom. The molecule has 33 heavy (non-hydrogen) atoms. The lowest BCUT2D eigenvalue weighted by Crippen LogP contribution is -2.11. The number of carbonyl (C=O) groups is 1. The minimum Gasteiger partial charge on any atom is -0.395 e. The SMILES string of the molecule is CC/C1=C/NC=NCCC(CCCC2C=C(C=O)C(C)=CC(O)C2)CCN=C1.CNCCO. The van der Waals surface area contributed by atoms with Gasteiger partial charge in [-0.3, -0.25) is 14.8 Å². The van der Waals surface area contributed by atoms with Gasteiger partial charge in [-0.05, 0) is 69.1 Å². The number of hydrogen-bond acceptors (Lipinski definition) is 7. The molecule has 0 aromatic carbocycles. The smallest absolute Gasteiger partial charge is 0.149 e. The van der Waals surface area contributed by atoms with Crippen LogP contribution in [0.3, 0.4) is 0 Å². The number of aliphatic imine (C=N–C) groups is 2. The molecular weight excluding hydrogens is 416 g/mol. The molecule has 3 unspecified atom stereocenters. The summed E-state index contributed by atoms with van der Waals surface area (Å²) in [6, 6.07) is 0. The number of nitrogens with zero attached hydrogens (tertiary/aromatic N) is 2. The third-order valence-corrected chi connectivity index (χ3v) is 5.97. The van der Waals surface area contributed by atoms with Crippen LogP contribution in [0.15, 0.2) is 45.1 Å². The molecule has 0 bridgehead atoms. The number of hydrogen-bond donors (Lipinski definition) is 4. The van der Waals surface area contributed by atoms with Crippen LogP contribution in [0.2, 0.25) is 0 Å². The maximum absolute atomic E-state index is 11.3. The van der Waals surface area contributed by atoms with Crippen molar-refractivity contribution in [1.29, 1.82) is 0 Å². The maximum Gasteiger partial charge on any atom is 0.149 e. The van der Waals surface area contributed by atoms with Gasteiger partial charge in [0.25, 0.3) is 0 Å². The monoisotopic (exact) mass is 460 g/mol. The van der Waals surface area contributed by atoms with Crippen molar-refractivity contribution in [3.05, 3.63) is 35.1 Å². The van der Waals surface area contributed by atoms with Crippen LogP contribution >= 0.6 is 0 Å². The number of aliphatic hydroxyl groups excluding tert-OH is 2. The summed E-state index contributed by atoms with van der Waals surface area (Å²) in [4.78, 5) is 20.3. The van der Waals surface area contributed by atoms with E-state index in [4.69, 9.17) is 5.11 Å². The van der Waals surface area contributed by atoms with Crippen LogP contribution in [0.4, 0.5) is 0 Å². The third kappa shape index (κ3) is 13.3. The van der Waals surface area contributed by atoms with Crippen molar-refractivity contribution in [3.8, 4) is 0 Å². The zero-order chi connectivity index (χ0) is 24.3. The summed E-state index contributed by atoms with van der Waals surface area (Å²) in [5.74, 6) is 0.862. The molecule has 0 spiro atoms. The average molecular weight is 461 g/mol. The fraction of sp³-hybridized carbons (Fsp3) is 0.654. The fourth-order valence-electron chi connectivity index (χ4n) is 3.95. The summed E-state index contributed by atoms with van der Waals surface area (Å²) in [6.45, 7) is 6.63. The van der Waals surface area contributed by atoms with Gasteiger partial charge >= 0.3 is 0 Å². The largest absolute Gasteiger partial charge is 0.395 e. The summed E-state index contributed by atoms with van der Waals surface area (Å²) >= 11 is 0. The Kier molecular flexibility index (Phi) is 16.1. The molecule has 0 saturated carbocycles. The molecule has 0 aromatic heterocycles. The fourth-order valence-corrected chi connectivity index (χ4v) is 3.95. The lowest BCUT2D eigenvalue weighted by molar-refractivity contribution is -0.104. The van der Waals surface area contributed by atoms with Crippen LogP contribution in [0.5, 0.6) is 0 Å². The molecule has 0 radical (unpaired) electrons. The molecule has 2 aliphatic rings. The van der Waals surface area contributed by atoms with Crippen LogP contribution in [0.1, 0.15) is 58.8 Å². The second-order valence-electron chi connectivity index (χ2n) is 8.66. The van der Waals surface area contributed by atoms with Gasteiger partial charge in [-0.1, -0.05) is 31.9 Å². The Morgan fingerprint density at radius 2 is 1.97 bits per heavy atom. The van der Waals surface area contributed by atoms with E-state index in [1.54, 1.807) is 19.5 Å². The Morgan fingerprint density at radius 1 is 1.21 bits per heavy atom. The molecule has 4 N–H and O–H groups in total. The van der Waals surface area contributed by atoms with Crippen molar-refractivity contribution < 1.29 is 15.0 Å². The van der Waals surface area contributed by atoms with E-state index in [0.717, 1.165) is 69.0 Å². The van der Waals surface area contributed by atoms with Gasteiger partial charge in [0.2, 0.25) is 0 Å². The van der Waals surface area contributed by atoms with Gasteiger partial charge in [-0.15, -0.1) is 0 Å². The minimum atomic E-state index is -0.461. The predicted molar refractivity (Wildman–Crippen MR) is 138 cm³/mol. The lowest BCUT2D eigenvalue weighted by atomic mass is 9.90. The molecule has 1 aliphatic heterocycles. The third-order valence-electron chi connectivity index (χ3n) is 5.97. The minimum absolute atomic E-state index is 0.233. The van der Waals surface area contributed by atoms with Crippen molar-refractivity contribution in [1.82, 2.24) is 10.6 Å². The van der Waals surface area contributed by atoms with E-state index in [9.17, 15) is 9.90 Å². The molecule has 2 rings (SSSR count). The Bertz CT molecular complexity index is 696. The number of allylic oxidation sites excluding steroid dienone is 4. The summed E-state index contributed by atoms with van der Waals surface area (Å²) < 4.78 is 0. The highest BCUT2D eigenvalue weighted by Crippen LogP contribution is 2.27. The Hall–Kier alpha value is -2.09. The summed E-state index contributed by atoms with van der Waals surface area (Å²) in [5.41, 5.74) is 2.79. The van der Waals surface area contributed by atoms with E-state index in [2.05, 4.69) is 33.6 Å². The Balaban J connectivity index is 0.000000981. The van der Waals surface area contributed by atoms with Crippen molar-refractivity contribution in [2.75, 3.05) is 33.3 Å². The first kappa shape index (κ1) is 28.9. The molecule has 1 aliphatic carbocycles. The van der Waals surface area contributed by atoms with Gasteiger partial charge in [0, 0.05) is 37.6 Å². The quantitative estimate of drug-likeness (QED) is 0.416. The zero-order valence-corrected chi connectivity index (χ0v) is 20.7. The molecule has 3 atom stereocenters. The number of aliphatic hydroxyl groups is 2. The van der Waals surface area contributed by atoms with E-state index in [0.29, 0.717) is 18.9 Å². The Labute approximate surface area is 199 Å². The zero-order valence-electron chi connectivity index (χ0n) is 20.7. The van der Waals surface area contributed by atoms with E-state index < -0.39 is 6.10 Å². The van der Waals surface area contributed by atoms with Crippen LogP contribution < -0.4 is 10.6 Å². The van der Waals surface area contributed by atoms with E-state index in [-0.39, 0.29) is 12.5 Å². The average Bonchev–Trinajstić information content (AvgIpc) is 2.93. The van der Waals surface area contributed by atoms with E-state index >= 15 is 0 Å². The highest BCUT2D eigenvalue weighted by Gasteiger charge is 2.18. The van der Waals surface area contributed by atoms with Crippen molar-refractivity contribution in [2.24, 2.45) is 21.8 Å². The highest BCUT2D eigenvalue weighted by molar-refractivity contribution is 5.80. The van der Waals surface area contributed by atoms with Crippen molar-refractivity contribution >= 4 is 18.8 Å². The molecule has 0 aromatic rings. The normalized spacial score (nSPS) is 25.5. The highest BCUT2D eigenvalue weighted by atomic mass is 16.3. The van der Waals surface area contributed by atoms with Crippen LogP contribution in [-0.2, 0) is 4.79 Å². The van der Waals surface area contributed by atoms with Gasteiger partial charge in [0.15, 0.2) is 0 Å². The van der Waals surface area contributed by atoms with Crippen molar-refractivity contribution in [3.63, 3.8) is 0 Å². The first-order valence-corrected chi connectivity index (χ1v) is 12.3. The molecule has 7 nitrogen and oxygen atoms in total. The van der Waals surface area contributed by atoms with E-state index in [1.807, 2.05) is 19.3 Å². The van der Waals surface area contributed by atoms with Crippen LogP contribution in [-0.4, -0.2) is 68.4 Å². The molecule has 186 valence electrons. The first-order valence-electron chi connectivity index (χ1n) is 12.3. The predicted octanol–water partition coefficient (Wildman–Crippen LogP) is 3.20. The molecule has 0 saturated heterocycles. The van der Waals surface area contributed by atoms with Gasteiger partial charge < -0.3 is 20.8 Å². The molecular formula is C26H44N4O3. The summed E-state index contributed by atoms with van der Waals surface area (Å²) in [6.07, 6.45) is 17.0. The van der Waals surface area contributed by atoms with Crippen molar-refractivity contribution in [2.45, 2.75) is 64.9 Å². The van der Waals surface area contributed by atoms with Gasteiger partial charge in [0.05, 0.1) is 19.0 Å². The summed E-state index contributed by atoms with van der Waals surface area (Å²) in [5, 5.41) is 24.0. The maximum atomic E-state index is 11.3. The standard InChI is InChI=1S/C23H35N3O2.C3H9NO/c1-3-19-14-24-9-7-20(8-10-25-17-26-15-19)5-4-6-21-12-22(16-27)18(2)11-23(28)13-21;1-4-2-3-5/h11-12,14-17,20-21,23,28H,3-10,13H2,1-2H3,(H,25,26);4-5H,2-3H2,1H3/b19-15-,24-14?;. The topological polar surface area (TPSA) is 106 Å².